The molecule has 4 rings (SSSR count). The molecular weight excluding hydrogens is 236 g/mol. The van der Waals surface area contributed by atoms with Crippen molar-refractivity contribution in [3.05, 3.63) is 0 Å². The fraction of sp³-hybridized carbons (Fsp3) is 1.00. The van der Waals surface area contributed by atoms with Crippen molar-refractivity contribution in [1.29, 1.82) is 0 Å². The van der Waals surface area contributed by atoms with E-state index in [2.05, 4.69) is 13.8 Å². The van der Waals surface area contributed by atoms with E-state index < -0.39 is 0 Å². The summed E-state index contributed by atoms with van der Waals surface area (Å²) in [6.07, 6.45) is 9.04. The number of rotatable bonds is 6. The van der Waals surface area contributed by atoms with Crippen LogP contribution in [0.15, 0.2) is 0 Å². The first-order valence-corrected chi connectivity index (χ1v) is 8.33. The van der Waals surface area contributed by atoms with Crippen LogP contribution in [0.1, 0.15) is 58.8 Å². The zero-order chi connectivity index (χ0) is 13.5. The molecule has 0 aliphatic heterocycles. The van der Waals surface area contributed by atoms with Crippen molar-refractivity contribution in [2.45, 2.75) is 64.9 Å². The number of ether oxygens (including phenoxy) is 1. The summed E-state index contributed by atoms with van der Waals surface area (Å²) in [4.78, 5) is 0. The molecule has 0 amide bonds. The van der Waals surface area contributed by atoms with Crippen molar-refractivity contribution in [3.8, 4) is 0 Å². The molecule has 1 N–H and O–H groups in total. The third-order valence-corrected chi connectivity index (χ3v) is 5.91. The van der Waals surface area contributed by atoms with Crippen molar-refractivity contribution < 1.29 is 9.84 Å². The van der Waals surface area contributed by atoms with Gasteiger partial charge in [0.15, 0.2) is 0 Å². The fourth-order valence-corrected chi connectivity index (χ4v) is 5.28. The van der Waals surface area contributed by atoms with E-state index in [4.69, 9.17) is 4.74 Å². The first-order valence-electron chi connectivity index (χ1n) is 8.33. The second-order valence-electron chi connectivity index (χ2n) is 8.05. The largest absolute Gasteiger partial charge is 0.390 e. The molecule has 1 atom stereocenters. The molecule has 110 valence electrons. The molecule has 0 heterocycles. The quantitative estimate of drug-likeness (QED) is 0.744. The molecule has 0 aromatic rings. The molecule has 19 heavy (non-hydrogen) atoms. The molecule has 4 saturated carbocycles. The third-order valence-electron chi connectivity index (χ3n) is 5.91. The molecule has 4 fully saturated rings. The Balaban J connectivity index is 1.53. The number of hydrogen-bond acceptors (Lipinski definition) is 2. The Kier molecular flexibility index (Phi) is 3.92. The maximum atomic E-state index is 10.7. The van der Waals surface area contributed by atoms with Gasteiger partial charge in [-0.1, -0.05) is 13.8 Å². The molecule has 2 heteroatoms. The van der Waals surface area contributed by atoms with Gasteiger partial charge in [0, 0.05) is 6.61 Å². The Labute approximate surface area is 117 Å². The van der Waals surface area contributed by atoms with Crippen molar-refractivity contribution >= 4 is 0 Å². The zero-order valence-corrected chi connectivity index (χ0v) is 12.6. The Morgan fingerprint density at radius 3 is 2.05 bits per heavy atom. The first kappa shape index (κ1) is 13.9. The van der Waals surface area contributed by atoms with E-state index in [0.29, 0.717) is 12.5 Å². The van der Waals surface area contributed by atoms with E-state index in [1.165, 1.54) is 38.5 Å². The van der Waals surface area contributed by atoms with Crippen molar-refractivity contribution in [2.75, 3.05) is 13.2 Å². The van der Waals surface area contributed by atoms with Crippen LogP contribution in [0.4, 0.5) is 0 Å². The Hall–Kier alpha value is -0.0800. The van der Waals surface area contributed by atoms with Gasteiger partial charge >= 0.3 is 0 Å². The lowest BCUT2D eigenvalue weighted by Crippen LogP contribution is -2.52. The van der Waals surface area contributed by atoms with Gasteiger partial charge in [0.25, 0.3) is 0 Å². The van der Waals surface area contributed by atoms with E-state index in [0.717, 1.165) is 30.8 Å². The van der Waals surface area contributed by atoms with E-state index in [-0.39, 0.29) is 11.5 Å². The van der Waals surface area contributed by atoms with Gasteiger partial charge in [-0.2, -0.15) is 0 Å². The molecule has 0 spiro atoms. The van der Waals surface area contributed by atoms with E-state index in [9.17, 15) is 5.11 Å². The van der Waals surface area contributed by atoms with Gasteiger partial charge in [-0.25, -0.2) is 0 Å². The van der Waals surface area contributed by atoms with Gasteiger partial charge in [0.05, 0.1) is 12.7 Å². The fourth-order valence-electron chi connectivity index (χ4n) is 5.28. The Morgan fingerprint density at radius 1 is 1.05 bits per heavy atom. The van der Waals surface area contributed by atoms with Gasteiger partial charge in [0.2, 0.25) is 0 Å². The van der Waals surface area contributed by atoms with Crippen LogP contribution in [0.3, 0.4) is 0 Å². The summed E-state index contributed by atoms with van der Waals surface area (Å²) in [5.74, 6) is 3.43. The number of hydrogen-bond donors (Lipinski definition) is 1. The van der Waals surface area contributed by atoms with Crippen LogP contribution in [0.2, 0.25) is 0 Å². The standard InChI is InChI=1S/C17H30O2/c1-12(2)3-4-19-11-16(18)17-8-13-5-14(9-17)7-15(6-13)10-17/h12-16,18H,3-11H2,1-2H3. The highest BCUT2D eigenvalue weighted by Crippen LogP contribution is 2.61. The summed E-state index contributed by atoms with van der Waals surface area (Å²) in [7, 11) is 0. The SMILES string of the molecule is CC(C)CCOCC(O)C12CC3CC(CC(C3)C1)C2. The minimum absolute atomic E-state index is 0.215. The Bertz CT molecular complexity index is 275. The van der Waals surface area contributed by atoms with E-state index >= 15 is 0 Å². The molecule has 2 nitrogen and oxygen atoms in total. The van der Waals surface area contributed by atoms with Crippen molar-refractivity contribution in [2.24, 2.45) is 29.1 Å². The normalized spacial score (nSPS) is 42.0. The average molecular weight is 266 g/mol. The molecular formula is C17H30O2. The highest BCUT2D eigenvalue weighted by atomic mass is 16.5. The monoisotopic (exact) mass is 266 g/mol. The molecule has 1 unspecified atom stereocenters. The lowest BCUT2D eigenvalue weighted by molar-refractivity contribution is -0.140. The van der Waals surface area contributed by atoms with Crippen LogP contribution >= 0.6 is 0 Å². The molecule has 4 aliphatic carbocycles. The molecule has 4 aliphatic rings. The predicted molar refractivity (Wildman–Crippen MR) is 76.9 cm³/mol. The van der Waals surface area contributed by atoms with Gasteiger partial charge in [-0.05, 0) is 74.0 Å². The lowest BCUT2D eigenvalue weighted by Gasteiger charge is -2.58. The summed E-state index contributed by atoms with van der Waals surface area (Å²) in [5.41, 5.74) is 0.229. The number of aliphatic hydroxyl groups excluding tert-OH is 1. The summed E-state index contributed by atoms with van der Waals surface area (Å²) in [6, 6.07) is 0. The van der Waals surface area contributed by atoms with Gasteiger partial charge < -0.3 is 9.84 Å². The topological polar surface area (TPSA) is 29.5 Å². The van der Waals surface area contributed by atoms with Crippen molar-refractivity contribution in [1.82, 2.24) is 0 Å². The maximum Gasteiger partial charge on any atom is 0.0829 e. The predicted octanol–water partition coefficient (Wildman–Crippen LogP) is 3.63. The number of aliphatic hydroxyl groups is 1. The zero-order valence-electron chi connectivity index (χ0n) is 12.6. The smallest absolute Gasteiger partial charge is 0.0829 e. The molecule has 0 aromatic heterocycles. The molecule has 0 saturated heterocycles. The maximum absolute atomic E-state index is 10.7. The minimum atomic E-state index is -0.215. The summed E-state index contributed by atoms with van der Waals surface area (Å²) in [6.45, 7) is 5.82. The van der Waals surface area contributed by atoms with E-state index in [1.54, 1.807) is 0 Å². The van der Waals surface area contributed by atoms with Crippen molar-refractivity contribution in [3.63, 3.8) is 0 Å². The highest BCUT2D eigenvalue weighted by molar-refractivity contribution is 5.04. The van der Waals surface area contributed by atoms with E-state index in [1.807, 2.05) is 0 Å². The third kappa shape index (κ3) is 2.85. The summed E-state index contributed by atoms with van der Waals surface area (Å²) in [5, 5.41) is 10.7. The first-order chi connectivity index (χ1) is 9.07. The van der Waals surface area contributed by atoms with Crippen LogP contribution in [0.25, 0.3) is 0 Å². The minimum Gasteiger partial charge on any atom is -0.390 e. The van der Waals surface area contributed by atoms with Crippen LogP contribution in [-0.4, -0.2) is 24.4 Å². The van der Waals surface area contributed by atoms with Crippen LogP contribution in [-0.2, 0) is 4.74 Å². The summed E-state index contributed by atoms with van der Waals surface area (Å²) < 4.78 is 5.75. The average Bonchev–Trinajstić information content (AvgIpc) is 2.32. The Morgan fingerprint density at radius 2 is 1.58 bits per heavy atom. The molecule has 0 radical (unpaired) electrons. The van der Waals surface area contributed by atoms with Crippen LogP contribution < -0.4 is 0 Å². The lowest BCUT2D eigenvalue weighted by atomic mass is 9.48. The second kappa shape index (κ2) is 5.37. The molecule has 4 bridgehead atoms. The van der Waals surface area contributed by atoms with Gasteiger partial charge in [0.1, 0.15) is 0 Å². The van der Waals surface area contributed by atoms with Crippen LogP contribution in [0, 0.1) is 29.1 Å². The highest BCUT2D eigenvalue weighted by Gasteiger charge is 2.53. The summed E-state index contributed by atoms with van der Waals surface area (Å²) >= 11 is 0. The van der Waals surface area contributed by atoms with Gasteiger partial charge in [-0.3, -0.25) is 0 Å². The van der Waals surface area contributed by atoms with Crippen LogP contribution in [0.5, 0.6) is 0 Å². The van der Waals surface area contributed by atoms with Gasteiger partial charge in [-0.15, -0.1) is 0 Å². The second-order valence-corrected chi connectivity index (χ2v) is 8.05. The molecule has 0 aromatic carbocycles.